The molecule has 0 radical (unpaired) electrons. The van der Waals surface area contributed by atoms with E-state index in [0.717, 1.165) is 46.0 Å². The van der Waals surface area contributed by atoms with Crippen LogP contribution in [0.4, 0.5) is 11.5 Å². The Balaban J connectivity index is 1.56. The molecule has 152 valence electrons. The highest BCUT2D eigenvalue weighted by molar-refractivity contribution is 8.00. The van der Waals surface area contributed by atoms with E-state index in [1.54, 1.807) is 11.9 Å². The molecule has 30 heavy (non-hydrogen) atoms. The van der Waals surface area contributed by atoms with E-state index < -0.39 is 0 Å². The van der Waals surface area contributed by atoms with E-state index in [2.05, 4.69) is 67.6 Å². The number of aromatic nitrogens is 3. The lowest BCUT2D eigenvalue weighted by atomic mass is 10.1. The molecule has 0 unspecified atom stereocenters. The van der Waals surface area contributed by atoms with E-state index in [0.29, 0.717) is 6.61 Å². The lowest BCUT2D eigenvalue weighted by molar-refractivity contribution is 0.309. The number of benzene rings is 1. The molecule has 0 aliphatic carbocycles. The minimum absolute atomic E-state index is 0.672. The van der Waals surface area contributed by atoms with Crippen molar-refractivity contribution < 1.29 is 4.74 Å². The van der Waals surface area contributed by atoms with Crippen molar-refractivity contribution in [3.05, 3.63) is 60.6 Å². The van der Waals surface area contributed by atoms with Crippen molar-refractivity contribution in [2.45, 2.75) is 11.8 Å². The van der Waals surface area contributed by atoms with Crippen molar-refractivity contribution >= 4 is 34.5 Å². The average Bonchev–Trinajstić information content (AvgIpc) is 3.10. The van der Waals surface area contributed by atoms with Crippen molar-refractivity contribution in [2.75, 3.05) is 29.8 Å². The van der Waals surface area contributed by atoms with Crippen LogP contribution in [0.2, 0.25) is 0 Å². The minimum Gasteiger partial charge on any atom is -0.488 e. The first-order valence-electron chi connectivity index (χ1n) is 9.88. The molecule has 7 heteroatoms. The van der Waals surface area contributed by atoms with Crippen LogP contribution in [0, 0.1) is 6.92 Å². The second-order valence-electron chi connectivity index (χ2n) is 7.55. The molecular weight excluding hydrogens is 394 g/mol. The van der Waals surface area contributed by atoms with E-state index in [1.807, 2.05) is 32.6 Å². The summed E-state index contributed by atoms with van der Waals surface area (Å²) in [6.45, 7) is 3.63. The summed E-state index contributed by atoms with van der Waals surface area (Å²) in [7, 11) is 4.06. The van der Waals surface area contributed by atoms with E-state index >= 15 is 0 Å². The smallest absolute Gasteiger partial charge is 0.171 e. The Bertz CT molecular complexity index is 1240. The fourth-order valence-corrected chi connectivity index (χ4v) is 4.57. The Kier molecular flexibility index (Phi) is 4.75. The first-order chi connectivity index (χ1) is 14.6. The normalized spacial score (nSPS) is 13.2. The molecule has 1 aliphatic rings. The number of nitrogens with zero attached hydrogens (tertiary/aromatic N) is 4. The van der Waals surface area contributed by atoms with Crippen LogP contribution in [0.1, 0.15) is 5.56 Å². The molecular formula is C23H23N5OS. The van der Waals surface area contributed by atoms with Crippen molar-refractivity contribution in [3.63, 3.8) is 0 Å². The summed E-state index contributed by atoms with van der Waals surface area (Å²) in [5.41, 5.74) is 5.30. The van der Waals surface area contributed by atoms with E-state index in [-0.39, 0.29) is 0 Å². The molecule has 1 N–H and O–H groups in total. The Hall–Kier alpha value is -3.19. The van der Waals surface area contributed by atoms with Gasteiger partial charge in [-0.15, -0.1) is 0 Å². The van der Waals surface area contributed by atoms with Crippen LogP contribution in [0.3, 0.4) is 0 Å². The summed E-state index contributed by atoms with van der Waals surface area (Å²) in [6, 6.07) is 12.6. The molecule has 0 saturated carbocycles. The fraction of sp³-hybridized carbons (Fsp3) is 0.217. The van der Waals surface area contributed by atoms with Gasteiger partial charge in [0.2, 0.25) is 0 Å². The lowest BCUT2D eigenvalue weighted by Gasteiger charge is -2.26. The minimum atomic E-state index is 0.672. The summed E-state index contributed by atoms with van der Waals surface area (Å²) in [4.78, 5) is 12.6. The maximum atomic E-state index is 5.88. The number of nitrogens with one attached hydrogen (secondary N) is 1. The predicted octanol–water partition coefficient (Wildman–Crippen LogP) is 4.89. The number of anilines is 2. The van der Waals surface area contributed by atoms with E-state index in [4.69, 9.17) is 4.74 Å². The zero-order chi connectivity index (χ0) is 20.7. The summed E-state index contributed by atoms with van der Waals surface area (Å²) >= 11 is 1.60. The Morgan fingerprint density at radius 2 is 2.03 bits per heavy atom. The SMILES string of the molecule is Cc1cccc(SNc2ccnc3c2c(-c2cnc4c(c2)OCCN4C)cn3C)c1. The van der Waals surface area contributed by atoms with Gasteiger partial charge in [0.1, 0.15) is 12.3 Å². The third kappa shape index (κ3) is 3.35. The van der Waals surface area contributed by atoms with Gasteiger partial charge in [-0.2, -0.15) is 0 Å². The quantitative estimate of drug-likeness (QED) is 0.477. The number of rotatable bonds is 4. The van der Waals surface area contributed by atoms with Gasteiger partial charge < -0.3 is 18.9 Å². The number of pyridine rings is 2. The van der Waals surface area contributed by atoms with Gasteiger partial charge in [0, 0.05) is 48.7 Å². The Morgan fingerprint density at radius 3 is 2.90 bits per heavy atom. The molecule has 1 aliphatic heterocycles. The molecule has 0 atom stereocenters. The summed E-state index contributed by atoms with van der Waals surface area (Å²) in [5.74, 6) is 1.71. The van der Waals surface area contributed by atoms with Crippen molar-refractivity contribution in [1.29, 1.82) is 0 Å². The number of hydrogen-bond acceptors (Lipinski definition) is 6. The second-order valence-corrected chi connectivity index (χ2v) is 8.43. The third-order valence-electron chi connectivity index (χ3n) is 5.32. The second kappa shape index (κ2) is 7.57. The predicted molar refractivity (Wildman–Crippen MR) is 123 cm³/mol. The number of ether oxygens (including phenoxy) is 1. The van der Waals surface area contributed by atoms with E-state index in [9.17, 15) is 0 Å². The highest BCUT2D eigenvalue weighted by atomic mass is 32.2. The van der Waals surface area contributed by atoms with Crippen LogP contribution in [0.25, 0.3) is 22.2 Å². The van der Waals surface area contributed by atoms with Crippen LogP contribution >= 0.6 is 11.9 Å². The molecule has 3 aromatic heterocycles. The monoisotopic (exact) mass is 417 g/mol. The summed E-state index contributed by atoms with van der Waals surface area (Å²) in [5, 5.41) is 1.08. The van der Waals surface area contributed by atoms with Gasteiger partial charge in [0.25, 0.3) is 0 Å². The largest absolute Gasteiger partial charge is 0.488 e. The van der Waals surface area contributed by atoms with Crippen molar-refractivity contribution in [1.82, 2.24) is 14.5 Å². The highest BCUT2D eigenvalue weighted by Gasteiger charge is 2.20. The van der Waals surface area contributed by atoms with Gasteiger partial charge in [-0.1, -0.05) is 12.1 Å². The summed E-state index contributed by atoms with van der Waals surface area (Å²) < 4.78 is 11.5. The zero-order valence-electron chi connectivity index (χ0n) is 17.2. The molecule has 4 heterocycles. The molecule has 4 aromatic rings. The van der Waals surface area contributed by atoms with Crippen LogP contribution in [0.5, 0.6) is 5.75 Å². The number of aryl methyl sites for hydroxylation is 2. The number of hydrogen-bond donors (Lipinski definition) is 1. The zero-order valence-corrected chi connectivity index (χ0v) is 18.0. The molecule has 6 nitrogen and oxygen atoms in total. The van der Waals surface area contributed by atoms with Crippen molar-refractivity contribution in [3.8, 4) is 16.9 Å². The third-order valence-corrected chi connectivity index (χ3v) is 6.13. The number of fused-ring (bicyclic) bond motifs is 2. The molecule has 0 spiro atoms. The molecule has 1 aromatic carbocycles. The molecule has 0 fully saturated rings. The van der Waals surface area contributed by atoms with Gasteiger partial charge in [-0.3, -0.25) is 0 Å². The molecule has 5 rings (SSSR count). The lowest BCUT2D eigenvalue weighted by Crippen LogP contribution is -2.29. The maximum absolute atomic E-state index is 5.88. The van der Waals surface area contributed by atoms with Crippen LogP contribution in [0.15, 0.2) is 59.9 Å². The van der Waals surface area contributed by atoms with Crippen LogP contribution in [-0.4, -0.2) is 34.7 Å². The number of likely N-dealkylation sites (N-methyl/N-ethyl adjacent to an activating group) is 1. The summed E-state index contributed by atoms with van der Waals surface area (Å²) in [6.07, 6.45) is 5.87. The first kappa shape index (κ1) is 18.8. The van der Waals surface area contributed by atoms with Gasteiger partial charge in [-0.05, 0) is 48.7 Å². The standard InChI is InChI=1S/C23H23N5OS/c1-15-5-4-6-17(11-15)30-26-19-7-8-24-23-21(19)18(14-28(23)3)16-12-20-22(25-13-16)27(2)9-10-29-20/h4-8,11-14H,9-10H2,1-3H3,(H,24,26). The van der Waals surface area contributed by atoms with Gasteiger partial charge in [0.05, 0.1) is 17.6 Å². The van der Waals surface area contributed by atoms with Crippen LogP contribution < -0.4 is 14.4 Å². The van der Waals surface area contributed by atoms with Crippen LogP contribution in [-0.2, 0) is 7.05 Å². The molecule has 0 amide bonds. The van der Waals surface area contributed by atoms with Gasteiger partial charge >= 0.3 is 0 Å². The van der Waals surface area contributed by atoms with Crippen molar-refractivity contribution in [2.24, 2.45) is 7.05 Å². The molecule has 0 saturated heterocycles. The Morgan fingerprint density at radius 1 is 1.13 bits per heavy atom. The first-order valence-corrected chi connectivity index (χ1v) is 10.7. The Labute approximate surface area is 180 Å². The topological polar surface area (TPSA) is 55.2 Å². The molecule has 0 bridgehead atoms. The maximum Gasteiger partial charge on any atom is 0.171 e. The van der Waals surface area contributed by atoms with Gasteiger partial charge in [0.15, 0.2) is 11.6 Å². The fourth-order valence-electron chi connectivity index (χ4n) is 3.78. The van der Waals surface area contributed by atoms with E-state index in [1.165, 1.54) is 10.5 Å². The average molecular weight is 418 g/mol. The van der Waals surface area contributed by atoms with Gasteiger partial charge in [-0.25, -0.2) is 9.97 Å². The highest BCUT2D eigenvalue weighted by Crippen LogP contribution is 2.39.